The van der Waals surface area contributed by atoms with Gasteiger partial charge < -0.3 is 5.32 Å². The Kier molecular flexibility index (Phi) is 5.09. The average molecular weight is 386 g/mol. The topological polar surface area (TPSA) is 86.8 Å². The van der Waals surface area contributed by atoms with E-state index in [2.05, 4.69) is 21.2 Å². The molecule has 0 unspecified atom stereocenters. The first-order valence-electron chi connectivity index (χ1n) is 6.77. The summed E-state index contributed by atoms with van der Waals surface area (Å²) < 4.78 is 14.1. The highest BCUT2D eigenvalue weighted by Crippen LogP contribution is 2.19. The fourth-order valence-electron chi connectivity index (χ4n) is 2.03. The Bertz CT molecular complexity index is 695. The summed E-state index contributed by atoms with van der Waals surface area (Å²) in [5.41, 5.74) is -0.0889. The normalized spacial score (nSPS) is 14.7. The van der Waals surface area contributed by atoms with Crippen molar-refractivity contribution < 1.29 is 23.6 Å². The molecule has 1 saturated heterocycles. The van der Waals surface area contributed by atoms with Crippen LogP contribution in [0.2, 0.25) is 0 Å². The number of benzene rings is 1. The molecule has 0 atom stereocenters. The van der Waals surface area contributed by atoms with Crippen LogP contribution in [0, 0.1) is 5.82 Å². The first kappa shape index (κ1) is 17.1. The number of hydrogen-bond donors (Lipinski definition) is 1. The molecule has 1 N–H and O–H groups in total. The number of rotatable bonds is 5. The highest BCUT2D eigenvalue weighted by Gasteiger charge is 2.44. The second-order valence-corrected chi connectivity index (χ2v) is 5.72. The zero-order valence-electron chi connectivity index (χ0n) is 12.1. The minimum atomic E-state index is -1.06. The first-order valence-corrected chi connectivity index (χ1v) is 7.56. The molecule has 1 aromatic rings. The van der Waals surface area contributed by atoms with Crippen LogP contribution < -0.4 is 5.32 Å². The van der Waals surface area contributed by atoms with Gasteiger partial charge in [0.1, 0.15) is 12.4 Å². The van der Waals surface area contributed by atoms with E-state index < -0.39 is 36.1 Å². The third kappa shape index (κ3) is 3.55. The molecule has 1 aromatic carbocycles. The van der Waals surface area contributed by atoms with Crippen molar-refractivity contribution in [1.29, 1.82) is 0 Å². The van der Waals surface area contributed by atoms with Gasteiger partial charge in [-0.15, -0.1) is 0 Å². The summed E-state index contributed by atoms with van der Waals surface area (Å²) in [6.45, 7) is 1.19. The van der Waals surface area contributed by atoms with Crippen molar-refractivity contribution in [2.24, 2.45) is 0 Å². The van der Waals surface area contributed by atoms with Crippen LogP contribution in [0.1, 0.15) is 13.3 Å². The van der Waals surface area contributed by atoms with Crippen LogP contribution >= 0.6 is 15.9 Å². The van der Waals surface area contributed by atoms with Crippen molar-refractivity contribution in [3.8, 4) is 0 Å². The van der Waals surface area contributed by atoms with E-state index in [4.69, 9.17) is 0 Å². The van der Waals surface area contributed by atoms with Crippen LogP contribution in [0.4, 0.5) is 14.9 Å². The Morgan fingerprint density at radius 1 is 1.22 bits per heavy atom. The number of anilines is 1. The van der Waals surface area contributed by atoms with E-state index in [0.717, 1.165) is 11.0 Å². The van der Waals surface area contributed by atoms with E-state index in [1.165, 1.54) is 12.1 Å². The lowest BCUT2D eigenvalue weighted by Gasteiger charge is -2.14. The minimum absolute atomic E-state index is 0.0889. The molecular formula is C14H13BrFN3O4. The highest BCUT2D eigenvalue weighted by atomic mass is 79.9. The molecule has 0 spiro atoms. The van der Waals surface area contributed by atoms with Crippen molar-refractivity contribution in [2.45, 2.75) is 13.3 Å². The SMILES string of the molecule is CCCN1C(=O)C(=O)N(CC(=O)Nc2ccc(Br)cc2F)C1=O. The molecule has 1 aliphatic rings. The fraction of sp³-hybridized carbons (Fsp3) is 0.286. The van der Waals surface area contributed by atoms with Gasteiger partial charge in [-0.1, -0.05) is 22.9 Å². The molecule has 9 heteroatoms. The van der Waals surface area contributed by atoms with E-state index >= 15 is 0 Å². The molecule has 1 aliphatic heterocycles. The molecule has 0 saturated carbocycles. The lowest BCUT2D eigenvalue weighted by molar-refractivity contribution is -0.143. The molecule has 23 heavy (non-hydrogen) atoms. The molecule has 0 bridgehead atoms. The molecule has 7 nitrogen and oxygen atoms in total. The molecule has 1 heterocycles. The third-order valence-electron chi connectivity index (χ3n) is 3.09. The second kappa shape index (κ2) is 6.86. The molecule has 0 aliphatic carbocycles. The maximum atomic E-state index is 13.6. The zero-order valence-corrected chi connectivity index (χ0v) is 13.7. The summed E-state index contributed by atoms with van der Waals surface area (Å²) in [5, 5.41) is 2.26. The molecule has 0 radical (unpaired) electrons. The summed E-state index contributed by atoms with van der Waals surface area (Å²) in [6.07, 6.45) is 0.495. The van der Waals surface area contributed by atoms with Gasteiger partial charge in [-0.3, -0.25) is 19.3 Å². The number of amides is 5. The average Bonchev–Trinajstić information content (AvgIpc) is 2.68. The van der Waals surface area contributed by atoms with Crippen molar-refractivity contribution >= 4 is 45.4 Å². The van der Waals surface area contributed by atoms with Gasteiger partial charge in [0.2, 0.25) is 5.91 Å². The van der Waals surface area contributed by atoms with Gasteiger partial charge in [0.25, 0.3) is 0 Å². The van der Waals surface area contributed by atoms with Crippen molar-refractivity contribution in [3.63, 3.8) is 0 Å². The van der Waals surface area contributed by atoms with E-state index in [-0.39, 0.29) is 12.2 Å². The van der Waals surface area contributed by atoms with Gasteiger partial charge in [0.05, 0.1) is 5.69 Å². The molecule has 122 valence electrons. The van der Waals surface area contributed by atoms with Crippen LogP contribution in [0.3, 0.4) is 0 Å². The fourth-order valence-corrected chi connectivity index (χ4v) is 2.37. The molecule has 5 amide bonds. The predicted octanol–water partition coefficient (Wildman–Crippen LogP) is 1.73. The van der Waals surface area contributed by atoms with Crippen LogP contribution in [0.25, 0.3) is 0 Å². The van der Waals surface area contributed by atoms with Gasteiger partial charge in [0.15, 0.2) is 0 Å². The first-order chi connectivity index (χ1) is 10.8. The van der Waals surface area contributed by atoms with Gasteiger partial charge in [-0.05, 0) is 24.6 Å². The number of halogens is 2. The lowest BCUT2D eigenvalue weighted by atomic mass is 10.3. The quantitative estimate of drug-likeness (QED) is 0.617. The van der Waals surface area contributed by atoms with Crippen molar-refractivity contribution in [3.05, 3.63) is 28.5 Å². The van der Waals surface area contributed by atoms with E-state index in [1.54, 1.807) is 6.92 Å². The number of hydrogen-bond acceptors (Lipinski definition) is 4. The van der Waals surface area contributed by atoms with Gasteiger partial charge in [0, 0.05) is 11.0 Å². The van der Waals surface area contributed by atoms with Crippen molar-refractivity contribution in [1.82, 2.24) is 9.80 Å². The van der Waals surface area contributed by atoms with E-state index in [1.807, 2.05) is 0 Å². The summed E-state index contributed by atoms with van der Waals surface area (Å²) in [5.74, 6) is -3.47. The Hall–Kier alpha value is -2.29. The largest absolute Gasteiger partial charge is 0.334 e. The number of carbonyl (C=O) groups excluding carboxylic acids is 4. The zero-order chi connectivity index (χ0) is 17.1. The molecular weight excluding hydrogens is 373 g/mol. The molecule has 2 rings (SSSR count). The van der Waals surface area contributed by atoms with Crippen LogP contribution in [0.15, 0.2) is 22.7 Å². The third-order valence-corrected chi connectivity index (χ3v) is 3.58. The van der Waals surface area contributed by atoms with Crippen LogP contribution in [-0.2, 0) is 14.4 Å². The van der Waals surface area contributed by atoms with Crippen molar-refractivity contribution in [2.75, 3.05) is 18.4 Å². The number of nitrogens with zero attached hydrogens (tertiary/aromatic N) is 2. The van der Waals surface area contributed by atoms with Crippen LogP contribution in [-0.4, -0.2) is 46.6 Å². The van der Waals surface area contributed by atoms with Gasteiger partial charge >= 0.3 is 17.8 Å². The minimum Gasteiger partial charge on any atom is -0.322 e. The second-order valence-electron chi connectivity index (χ2n) is 4.80. The van der Waals surface area contributed by atoms with Crippen LogP contribution in [0.5, 0.6) is 0 Å². The summed E-state index contributed by atoms with van der Waals surface area (Å²) in [7, 11) is 0. The Morgan fingerprint density at radius 2 is 1.87 bits per heavy atom. The monoisotopic (exact) mass is 385 g/mol. The number of carbonyl (C=O) groups is 4. The van der Waals surface area contributed by atoms with Gasteiger partial charge in [-0.2, -0.15) is 0 Å². The smallest absolute Gasteiger partial charge is 0.322 e. The summed E-state index contributed by atoms with van der Waals surface area (Å²) in [4.78, 5) is 48.6. The maximum Gasteiger partial charge on any atom is 0.334 e. The van der Waals surface area contributed by atoms with E-state index in [0.29, 0.717) is 15.8 Å². The Balaban J connectivity index is 2.06. The lowest BCUT2D eigenvalue weighted by Crippen LogP contribution is -2.39. The number of imide groups is 2. The predicted molar refractivity (Wildman–Crippen MR) is 81.8 cm³/mol. The number of urea groups is 1. The van der Waals surface area contributed by atoms with E-state index in [9.17, 15) is 23.6 Å². The number of nitrogens with one attached hydrogen (secondary N) is 1. The summed E-state index contributed by atoms with van der Waals surface area (Å²) in [6, 6.07) is 3.18. The summed E-state index contributed by atoms with van der Waals surface area (Å²) >= 11 is 3.08. The Labute approximate surface area is 139 Å². The highest BCUT2D eigenvalue weighted by molar-refractivity contribution is 9.10. The molecule has 0 aromatic heterocycles. The van der Waals surface area contributed by atoms with Gasteiger partial charge in [-0.25, -0.2) is 14.1 Å². The maximum absolute atomic E-state index is 13.6. The standard InChI is InChI=1S/C14H13BrFN3O4/c1-2-5-18-12(21)13(22)19(14(18)23)7-11(20)17-10-4-3-8(15)6-9(10)16/h3-4,6H,2,5,7H2,1H3,(H,17,20). The molecule has 1 fully saturated rings. The Morgan fingerprint density at radius 3 is 2.48 bits per heavy atom.